The maximum Gasteiger partial charge on any atom is 0.168 e. The lowest BCUT2D eigenvalue weighted by molar-refractivity contribution is -0.117. The summed E-state index contributed by atoms with van der Waals surface area (Å²) in [6, 6.07) is 7.82. The number of aliphatic hydroxyl groups excluding tert-OH is 1. The van der Waals surface area contributed by atoms with Crippen LogP contribution in [-0.4, -0.2) is 17.1 Å². The zero-order valence-electron chi connectivity index (χ0n) is 11.7. The zero-order valence-corrected chi connectivity index (χ0v) is 13.3. The maximum absolute atomic E-state index is 12.0. The second-order valence-corrected chi connectivity index (χ2v) is 6.72. The van der Waals surface area contributed by atoms with Crippen molar-refractivity contribution in [3.8, 4) is 0 Å². The predicted octanol–water partition coefficient (Wildman–Crippen LogP) is 4.22. The summed E-state index contributed by atoms with van der Waals surface area (Å²) in [5.41, 5.74) is 1.24. The van der Waals surface area contributed by atoms with Crippen LogP contribution in [0.2, 0.25) is 0 Å². The number of carbonyl (C=O) groups is 1. The first-order chi connectivity index (χ1) is 9.39. The number of halogens is 1. The van der Waals surface area contributed by atoms with E-state index in [1.54, 1.807) is 0 Å². The number of carbonyl (C=O) groups excluding carboxylic acids is 1. The summed E-state index contributed by atoms with van der Waals surface area (Å²) in [5, 5.41) is 9.99. The van der Waals surface area contributed by atoms with Gasteiger partial charge in [0.05, 0.1) is 12.1 Å². The first-order valence-corrected chi connectivity index (χ1v) is 7.37. The van der Waals surface area contributed by atoms with Gasteiger partial charge in [-0.3, -0.25) is 9.79 Å². The average Bonchev–Trinajstić information content (AvgIpc) is 2.33. The van der Waals surface area contributed by atoms with Crippen LogP contribution in [0.5, 0.6) is 0 Å². The van der Waals surface area contributed by atoms with Crippen molar-refractivity contribution in [2.45, 2.75) is 33.2 Å². The zero-order chi connectivity index (χ0) is 14.8. The highest BCUT2D eigenvalue weighted by Crippen LogP contribution is 2.35. The summed E-state index contributed by atoms with van der Waals surface area (Å²) in [4.78, 5) is 16.3. The Morgan fingerprint density at radius 1 is 1.35 bits per heavy atom. The summed E-state index contributed by atoms with van der Waals surface area (Å²) in [6.07, 6.45) is 2.48. The van der Waals surface area contributed by atoms with Crippen molar-refractivity contribution in [3.63, 3.8) is 0 Å². The van der Waals surface area contributed by atoms with E-state index in [4.69, 9.17) is 0 Å². The van der Waals surface area contributed by atoms with Crippen LogP contribution < -0.4 is 0 Å². The molecule has 0 saturated heterocycles. The first-order valence-electron chi connectivity index (χ1n) is 6.57. The van der Waals surface area contributed by atoms with Gasteiger partial charge in [-0.2, -0.15) is 0 Å². The van der Waals surface area contributed by atoms with E-state index in [1.165, 1.54) is 6.21 Å². The molecule has 1 aliphatic rings. The quantitative estimate of drug-likeness (QED) is 0.840. The second-order valence-electron chi connectivity index (χ2n) is 5.86. The van der Waals surface area contributed by atoms with Gasteiger partial charge in [0.15, 0.2) is 5.78 Å². The minimum absolute atomic E-state index is 0.0328. The monoisotopic (exact) mass is 335 g/mol. The van der Waals surface area contributed by atoms with Crippen molar-refractivity contribution in [1.29, 1.82) is 0 Å². The van der Waals surface area contributed by atoms with E-state index in [-0.39, 0.29) is 17.0 Å². The van der Waals surface area contributed by atoms with Gasteiger partial charge in [0.2, 0.25) is 0 Å². The van der Waals surface area contributed by atoms with Crippen molar-refractivity contribution in [1.82, 2.24) is 0 Å². The number of hydrogen-bond donors (Lipinski definition) is 1. The number of nitrogens with zero attached hydrogens (tertiary/aromatic N) is 1. The van der Waals surface area contributed by atoms with Crippen LogP contribution in [0.3, 0.4) is 0 Å². The lowest BCUT2D eigenvalue weighted by atomic mass is 9.77. The van der Waals surface area contributed by atoms with E-state index in [0.717, 1.165) is 10.0 Å². The summed E-state index contributed by atoms with van der Waals surface area (Å²) >= 11 is 3.46. The Bertz CT molecular complexity index is 588. The van der Waals surface area contributed by atoms with E-state index >= 15 is 0 Å². The van der Waals surface area contributed by atoms with E-state index in [9.17, 15) is 9.90 Å². The molecule has 0 heterocycles. The van der Waals surface area contributed by atoms with Gasteiger partial charge in [0, 0.05) is 23.5 Å². The number of rotatable bonds is 3. The number of aliphatic hydroxyl groups is 1. The molecule has 20 heavy (non-hydrogen) atoms. The molecule has 1 N–H and O–H groups in total. The van der Waals surface area contributed by atoms with Crippen LogP contribution >= 0.6 is 15.9 Å². The molecule has 0 amide bonds. The molecular weight excluding hydrogens is 318 g/mol. The van der Waals surface area contributed by atoms with Gasteiger partial charge >= 0.3 is 0 Å². The molecule has 0 aromatic heterocycles. The lowest BCUT2D eigenvalue weighted by Crippen LogP contribution is -2.26. The number of ketones is 1. The molecule has 0 bridgehead atoms. The molecule has 0 saturated carbocycles. The van der Waals surface area contributed by atoms with E-state index < -0.39 is 0 Å². The Labute approximate surface area is 127 Å². The molecular formula is C16H18BrNO2. The Hall–Kier alpha value is -1.42. The predicted molar refractivity (Wildman–Crippen MR) is 84.0 cm³/mol. The standard InChI is InChI=1S/C16H18BrNO2/c1-16(2)7-14(19)12(15(20)8-16)10-18-9-11-5-3-4-6-13(11)17/h3-6,10,19H,7-9H2,1-2H3. The molecule has 2 rings (SSSR count). The third-order valence-corrected chi connectivity index (χ3v) is 4.11. The summed E-state index contributed by atoms with van der Waals surface area (Å²) < 4.78 is 0.992. The molecule has 0 radical (unpaired) electrons. The topological polar surface area (TPSA) is 49.7 Å². The van der Waals surface area contributed by atoms with E-state index in [1.807, 2.05) is 38.1 Å². The Morgan fingerprint density at radius 2 is 2.05 bits per heavy atom. The van der Waals surface area contributed by atoms with Crippen LogP contribution in [0.25, 0.3) is 0 Å². The Morgan fingerprint density at radius 3 is 2.70 bits per heavy atom. The van der Waals surface area contributed by atoms with Gasteiger partial charge in [0.25, 0.3) is 0 Å². The molecule has 1 aromatic carbocycles. The number of Topliss-reactive ketones (excluding diaryl/α,β-unsaturated/α-hetero) is 1. The summed E-state index contributed by atoms with van der Waals surface area (Å²) in [7, 11) is 0. The molecule has 3 nitrogen and oxygen atoms in total. The van der Waals surface area contributed by atoms with Gasteiger partial charge in [-0.25, -0.2) is 0 Å². The maximum atomic E-state index is 12.0. The fourth-order valence-corrected chi connectivity index (χ4v) is 2.72. The summed E-state index contributed by atoms with van der Waals surface area (Å²) in [6.45, 7) is 4.45. The van der Waals surface area contributed by atoms with Crippen molar-refractivity contribution in [2.75, 3.05) is 0 Å². The average molecular weight is 336 g/mol. The highest BCUT2D eigenvalue weighted by atomic mass is 79.9. The van der Waals surface area contributed by atoms with Crippen LogP contribution in [0.1, 0.15) is 32.3 Å². The third-order valence-electron chi connectivity index (χ3n) is 3.34. The van der Waals surface area contributed by atoms with E-state index in [0.29, 0.717) is 25.0 Å². The van der Waals surface area contributed by atoms with Gasteiger partial charge in [-0.1, -0.05) is 48.0 Å². The molecule has 106 valence electrons. The van der Waals surface area contributed by atoms with Gasteiger partial charge < -0.3 is 5.11 Å². The van der Waals surface area contributed by atoms with Gasteiger partial charge in [-0.05, 0) is 17.0 Å². The van der Waals surface area contributed by atoms with Crippen LogP contribution in [-0.2, 0) is 11.3 Å². The highest BCUT2D eigenvalue weighted by molar-refractivity contribution is 9.10. The molecule has 0 fully saturated rings. The van der Waals surface area contributed by atoms with Crippen molar-refractivity contribution < 1.29 is 9.90 Å². The lowest BCUT2D eigenvalue weighted by Gasteiger charge is -2.28. The number of allylic oxidation sites excluding steroid dienone is 2. The Balaban J connectivity index is 2.12. The molecule has 0 unspecified atom stereocenters. The largest absolute Gasteiger partial charge is 0.511 e. The number of aliphatic imine (C=N–C) groups is 1. The second kappa shape index (κ2) is 5.92. The fourth-order valence-electron chi connectivity index (χ4n) is 2.31. The van der Waals surface area contributed by atoms with Gasteiger partial charge in [0.1, 0.15) is 5.76 Å². The molecule has 0 atom stereocenters. The molecule has 1 aliphatic carbocycles. The minimum atomic E-state index is -0.166. The SMILES string of the molecule is CC1(C)CC(=O)C(C=NCc2ccccc2Br)=C(O)C1. The van der Waals surface area contributed by atoms with Crippen LogP contribution in [0.4, 0.5) is 0 Å². The smallest absolute Gasteiger partial charge is 0.168 e. The molecule has 0 aliphatic heterocycles. The number of benzene rings is 1. The van der Waals surface area contributed by atoms with Gasteiger partial charge in [-0.15, -0.1) is 0 Å². The van der Waals surface area contributed by atoms with Crippen LogP contribution in [0, 0.1) is 5.41 Å². The van der Waals surface area contributed by atoms with Crippen LogP contribution in [0.15, 0.2) is 45.1 Å². The first kappa shape index (κ1) is 15.0. The molecule has 0 spiro atoms. The van der Waals surface area contributed by atoms with Crippen molar-refractivity contribution in [3.05, 3.63) is 45.6 Å². The fraction of sp³-hybridized carbons (Fsp3) is 0.375. The normalized spacial score (nSPS) is 18.9. The Kier molecular flexibility index (Phi) is 4.43. The highest BCUT2D eigenvalue weighted by Gasteiger charge is 2.32. The third kappa shape index (κ3) is 3.57. The minimum Gasteiger partial charge on any atom is -0.511 e. The van der Waals surface area contributed by atoms with E-state index in [2.05, 4.69) is 20.9 Å². The van der Waals surface area contributed by atoms with Crippen molar-refractivity contribution in [2.24, 2.45) is 10.4 Å². The summed E-state index contributed by atoms with van der Waals surface area (Å²) in [5.74, 6) is 0.122. The molecule has 1 aromatic rings. The molecule has 4 heteroatoms. The number of hydrogen-bond acceptors (Lipinski definition) is 3. The van der Waals surface area contributed by atoms with Crippen molar-refractivity contribution >= 4 is 27.9 Å².